The minimum Gasteiger partial charge on any atom is -0.497 e. The van der Waals surface area contributed by atoms with Gasteiger partial charge in [0, 0.05) is 13.8 Å². The second kappa shape index (κ2) is 37.2. The summed E-state index contributed by atoms with van der Waals surface area (Å²) in [5, 5.41) is 39.0. The van der Waals surface area contributed by atoms with Crippen molar-refractivity contribution in [1.29, 1.82) is 0 Å². The van der Waals surface area contributed by atoms with E-state index >= 15 is 0 Å². The standard InChI is InChI=1S/C64H76N2O36S4/c1-35(67)65-45-49(47(87-28-37-16-8-4-9-17-37)43(94-61(45)73)33-92-103(74,75)76)96-64-58(102-106(83,84)85)53(91-31-40-22-14-7-15-23-40)54(56(100-64)60(71)72)98-62-46(66-36(2)68)50(48(44(95-62)34-93-104(77,78)79)88-29-38-18-10-5-11-19-38)97-63-57(101-105(80,81)82)52(90-30-39-20-12-6-13-21-39)51(55(99-63)59(69)70)89-32-41-24-26-42(86-3)27-25-41/h4-27,43-58,61-64,73H,28-34H2,1-3H3,(H,65,67)(H,66,68)(H,69,70)(H,71,72)(H,74,75,76)(H,77,78,79)(H,80,81,82)(H,83,84,85)/t43-,44-,45-,46-,47+,48+,49-,50-,51+,52+,53+,54+,55+,56+,57-,58-,61-,62+,63-,64-/m1/s1. The number of carboxylic acid groups (broad SMARTS) is 2. The number of methoxy groups -OCH3 is 1. The highest BCUT2D eigenvalue weighted by Gasteiger charge is 2.61. The second-order valence-corrected chi connectivity index (χ2v) is 28.2. The highest BCUT2D eigenvalue weighted by Crippen LogP contribution is 2.40. The molecule has 0 saturated carbocycles. The van der Waals surface area contributed by atoms with E-state index in [2.05, 4.69) is 14.8 Å². The largest absolute Gasteiger partial charge is 0.497 e. The molecule has 0 aliphatic carbocycles. The molecule has 38 nitrogen and oxygen atoms in total. The first-order valence-electron chi connectivity index (χ1n) is 31.9. The molecular formula is C64H76N2O36S4. The Bertz CT molecular complexity index is 4160. The van der Waals surface area contributed by atoms with Crippen molar-refractivity contribution in [2.75, 3.05) is 20.3 Å². The summed E-state index contributed by atoms with van der Waals surface area (Å²) in [4.78, 5) is 54.8. The Kier molecular flexibility index (Phi) is 29.1. The van der Waals surface area contributed by atoms with Gasteiger partial charge in [0.1, 0.15) is 78.9 Å². The molecule has 0 bridgehead atoms. The number of carbonyl (C=O) groups is 4. The van der Waals surface area contributed by atoms with E-state index < -0.39 is 234 Å². The first kappa shape index (κ1) is 82.8. The van der Waals surface area contributed by atoms with Crippen molar-refractivity contribution < 1.29 is 165 Å². The zero-order valence-corrected chi connectivity index (χ0v) is 59.2. The first-order valence-corrected chi connectivity index (χ1v) is 37.3. The summed E-state index contributed by atoms with van der Waals surface area (Å²) < 4.78 is 245. The lowest BCUT2D eigenvalue weighted by Crippen LogP contribution is -2.71. The lowest BCUT2D eigenvalue weighted by atomic mass is 9.93. The highest BCUT2D eigenvalue weighted by atomic mass is 32.3. The van der Waals surface area contributed by atoms with Gasteiger partial charge in [-0.15, -0.1) is 0 Å². The predicted molar refractivity (Wildman–Crippen MR) is 351 cm³/mol. The molecule has 5 aromatic carbocycles. The van der Waals surface area contributed by atoms with Crippen molar-refractivity contribution in [2.45, 2.75) is 170 Å². The monoisotopic (exact) mass is 1580 g/mol. The van der Waals surface area contributed by atoms with Gasteiger partial charge in [-0.2, -0.15) is 33.7 Å². The molecule has 4 heterocycles. The quantitative estimate of drug-likeness (QED) is 0.0254. The van der Waals surface area contributed by atoms with E-state index in [1.807, 2.05) is 0 Å². The van der Waals surface area contributed by atoms with E-state index in [1.165, 1.54) is 55.6 Å². The fourth-order valence-corrected chi connectivity index (χ4v) is 13.5. The van der Waals surface area contributed by atoms with Gasteiger partial charge in [0.25, 0.3) is 0 Å². The number of carbonyl (C=O) groups excluding carboxylic acids is 2. The van der Waals surface area contributed by atoms with Crippen LogP contribution in [0.5, 0.6) is 5.75 Å². The smallest absolute Gasteiger partial charge is 0.397 e. The summed E-state index contributed by atoms with van der Waals surface area (Å²) in [5.41, 5.74) is 1.73. The molecule has 5 aromatic rings. The Hall–Kier alpha value is -7.26. The number of amides is 2. The summed E-state index contributed by atoms with van der Waals surface area (Å²) in [6.07, 6.45) is -41.5. The number of aliphatic hydroxyl groups excluding tert-OH is 1. The van der Waals surface area contributed by atoms with Crippen LogP contribution in [0.2, 0.25) is 0 Å². The maximum Gasteiger partial charge on any atom is 0.397 e. The molecule has 0 aromatic heterocycles. The minimum atomic E-state index is -5.95. The van der Waals surface area contributed by atoms with Crippen LogP contribution in [-0.4, -0.2) is 234 Å². The van der Waals surface area contributed by atoms with Gasteiger partial charge in [-0.05, 0) is 39.9 Å². The Morgan fingerprint density at radius 3 is 1.08 bits per heavy atom. The third kappa shape index (κ3) is 24.1. The Labute approximate surface area is 606 Å². The Morgan fingerprint density at radius 1 is 0.387 bits per heavy atom. The van der Waals surface area contributed by atoms with Crippen LogP contribution < -0.4 is 15.4 Å². The second-order valence-electron chi connectivity index (χ2n) is 24.0. The number of aliphatic carboxylic acids is 2. The summed E-state index contributed by atoms with van der Waals surface area (Å²) >= 11 is 0. The van der Waals surface area contributed by atoms with Crippen LogP contribution in [0.1, 0.15) is 41.7 Å². The molecule has 4 fully saturated rings. The molecule has 4 aliphatic rings. The molecule has 9 rings (SSSR count). The van der Waals surface area contributed by atoms with Crippen LogP contribution in [0.25, 0.3) is 0 Å². The SMILES string of the molecule is COc1ccc(CO[C@H]2[C@H](OCc3ccccc3)[C@@H](OS(=O)(=O)O)[C@H](O[C@@H]3[C@@H](NC(C)=O)[C@H](O[C@H]4[C@H](OCc5ccccc5)[C@@H](OS(=O)(=O)O)[C@H](O[C@@H]5[C@@H](NC(C)=O)[C@H](O)O[C@H](COS(=O)(=O)O)[C@@H]5OCc5ccccc5)O[C@@H]4C(=O)O)O[C@H](COS(=O)(=O)O)[C@@H]3OCc3ccccc3)O[C@@H]2C(=O)O)cc1. The number of benzene rings is 5. The van der Waals surface area contributed by atoms with Crippen LogP contribution in [0.4, 0.5) is 0 Å². The summed E-state index contributed by atoms with van der Waals surface area (Å²) in [6, 6.07) is 33.2. The van der Waals surface area contributed by atoms with Crippen LogP contribution in [-0.2, 0) is 167 Å². The first-order chi connectivity index (χ1) is 50.2. The summed E-state index contributed by atoms with van der Waals surface area (Å²) in [6.45, 7) is -3.38. The van der Waals surface area contributed by atoms with Crippen LogP contribution >= 0.6 is 0 Å². The van der Waals surface area contributed by atoms with E-state index in [9.17, 15) is 86.4 Å². The van der Waals surface area contributed by atoms with Gasteiger partial charge in [0.05, 0.1) is 53.4 Å². The number of hydrogen-bond donors (Lipinski definition) is 9. The van der Waals surface area contributed by atoms with Crippen molar-refractivity contribution in [3.8, 4) is 5.75 Å². The van der Waals surface area contributed by atoms with Crippen molar-refractivity contribution in [2.24, 2.45) is 0 Å². The molecule has 2 amide bonds. The maximum absolute atomic E-state index is 14.2. The molecular weight excluding hydrogens is 1500 g/mol. The molecule has 4 saturated heterocycles. The molecule has 0 spiro atoms. The molecule has 106 heavy (non-hydrogen) atoms. The van der Waals surface area contributed by atoms with Gasteiger partial charge >= 0.3 is 53.5 Å². The van der Waals surface area contributed by atoms with Gasteiger partial charge in [-0.1, -0.05) is 133 Å². The highest BCUT2D eigenvalue weighted by molar-refractivity contribution is 7.81. The van der Waals surface area contributed by atoms with Crippen LogP contribution in [0.3, 0.4) is 0 Å². The topological polar surface area (TPSA) is 527 Å². The molecule has 582 valence electrons. The average molecular weight is 1580 g/mol. The number of nitrogens with one attached hydrogen (secondary N) is 2. The zero-order chi connectivity index (χ0) is 76.7. The van der Waals surface area contributed by atoms with E-state index in [4.69, 9.17) is 74.1 Å². The summed E-state index contributed by atoms with van der Waals surface area (Å²) in [5.74, 6) is -5.52. The third-order valence-electron chi connectivity index (χ3n) is 16.4. The molecule has 4 aliphatic heterocycles. The molecule has 9 N–H and O–H groups in total. The van der Waals surface area contributed by atoms with E-state index in [1.54, 1.807) is 97.1 Å². The Balaban J connectivity index is 1.20. The molecule has 0 unspecified atom stereocenters. The number of carboxylic acids is 2. The average Bonchev–Trinajstić information content (AvgIpc) is 0.754. The van der Waals surface area contributed by atoms with Gasteiger partial charge in [-0.25, -0.2) is 26.3 Å². The number of rotatable bonds is 36. The zero-order valence-electron chi connectivity index (χ0n) is 56.0. The number of aliphatic hydroxyl groups is 1. The van der Waals surface area contributed by atoms with E-state index in [0.29, 0.717) is 28.0 Å². The van der Waals surface area contributed by atoms with Gasteiger partial charge < -0.3 is 87.5 Å². The lowest BCUT2D eigenvalue weighted by Gasteiger charge is -2.51. The van der Waals surface area contributed by atoms with Gasteiger partial charge in [-0.3, -0.25) is 27.8 Å². The fourth-order valence-electron chi connectivity index (χ4n) is 11.9. The number of hydrogen-bond acceptors (Lipinski definition) is 30. The normalized spacial score (nSPS) is 29.5. The predicted octanol–water partition coefficient (Wildman–Crippen LogP) is 1.16. The lowest BCUT2D eigenvalue weighted by molar-refractivity contribution is -0.373. The number of ether oxygens (including phenoxy) is 13. The molecule has 20 atom stereocenters. The van der Waals surface area contributed by atoms with Crippen molar-refractivity contribution in [3.63, 3.8) is 0 Å². The van der Waals surface area contributed by atoms with E-state index in [0.717, 1.165) is 13.8 Å². The van der Waals surface area contributed by atoms with Crippen molar-refractivity contribution in [3.05, 3.63) is 173 Å². The van der Waals surface area contributed by atoms with Gasteiger partial charge in [0.15, 0.2) is 49.6 Å². The van der Waals surface area contributed by atoms with Gasteiger partial charge in [0.2, 0.25) is 11.8 Å². The van der Waals surface area contributed by atoms with Crippen LogP contribution in [0, 0.1) is 0 Å². The molecule has 42 heteroatoms. The summed E-state index contributed by atoms with van der Waals surface area (Å²) in [7, 11) is -21.2. The Morgan fingerprint density at radius 2 is 0.717 bits per heavy atom. The maximum atomic E-state index is 14.2. The van der Waals surface area contributed by atoms with Crippen molar-refractivity contribution >= 4 is 65.3 Å². The minimum absolute atomic E-state index is 0.226. The fraction of sp³-hybridized carbons (Fsp3) is 0.469. The molecule has 0 radical (unpaired) electrons. The third-order valence-corrected chi connectivity index (χ3v) is 18.2. The van der Waals surface area contributed by atoms with Crippen LogP contribution in [0.15, 0.2) is 146 Å². The van der Waals surface area contributed by atoms with Crippen molar-refractivity contribution in [1.82, 2.24) is 10.6 Å². The van der Waals surface area contributed by atoms with E-state index in [-0.39, 0.29) is 5.56 Å².